The number of fused-ring (bicyclic) bond motifs is 2. The number of imide groups is 1. The molecule has 0 spiro atoms. The third-order valence-electron chi connectivity index (χ3n) is 6.44. The number of halogens is 1. The summed E-state index contributed by atoms with van der Waals surface area (Å²) in [6.45, 7) is 0. The molecule has 1 aromatic rings. The molecule has 2 bridgehead atoms. The summed E-state index contributed by atoms with van der Waals surface area (Å²) in [6, 6.07) is 7.88. The third kappa shape index (κ3) is 4.39. The second-order valence-corrected chi connectivity index (χ2v) is 8.40. The van der Waals surface area contributed by atoms with E-state index in [1.807, 2.05) is 24.3 Å². The molecule has 0 radical (unpaired) electrons. The standard InChI is InChI=1S/C21H27N3O3.ClH/c22-17-9-14-2-1-3-15(10-17)19(14)24-20(26)13-6-4-12(5-7-13)8-16-11-18(25)23-21(16)27;/h4-7,14-17,19H,1-3,8-11,22H2,(H,24,26)(H,23,25,27);1H. The molecular formula is C21H28ClN3O3. The van der Waals surface area contributed by atoms with Crippen LogP contribution >= 0.6 is 12.4 Å². The molecule has 3 fully saturated rings. The lowest BCUT2D eigenvalue weighted by Gasteiger charge is -2.45. The van der Waals surface area contributed by atoms with Gasteiger partial charge in [0.25, 0.3) is 5.91 Å². The van der Waals surface area contributed by atoms with E-state index in [2.05, 4.69) is 10.6 Å². The lowest BCUT2D eigenvalue weighted by molar-refractivity contribution is -0.125. The van der Waals surface area contributed by atoms with E-state index in [0.717, 1.165) is 31.2 Å². The summed E-state index contributed by atoms with van der Waals surface area (Å²) in [5.74, 6) is 0.238. The van der Waals surface area contributed by atoms with Crippen molar-refractivity contribution in [1.29, 1.82) is 0 Å². The highest BCUT2D eigenvalue weighted by atomic mass is 35.5. The number of hydrogen-bond donors (Lipinski definition) is 3. The Bertz CT molecular complexity index is 738. The number of carbonyl (C=O) groups excluding carboxylic acids is 3. The molecule has 0 aromatic heterocycles. The number of hydrogen-bond acceptors (Lipinski definition) is 4. The highest BCUT2D eigenvalue weighted by Gasteiger charge is 2.40. The number of amides is 3. The Morgan fingerprint density at radius 2 is 1.75 bits per heavy atom. The summed E-state index contributed by atoms with van der Waals surface area (Å²) in [4.78, 5) is 35.7. The Kier molecular flexibility index (Phi) is 6.40. The molecule has 3 atom stereocenters. The zero-order chi connectivity index (χ0) is 19.0. The fourth-order valence-electron chi connectivity index (χ4n) is 5.11. The molecule has 2 saturated carbocycles. The Hall–Kier alpha value is -1.92. The summed E-state index contributed by atoms with van der Waals surface area (Å²) >= 11 is 0. The van der Waals surface area contributed by atoms with Gasteiger partial charge >= 0.3 is 0 Å². The Morgan fingerprint density at radius 3 is 2.32 bits per heavy atom. The molecule has 1 heterocycles. The van der Waals surface area contributed by atoms with Gasteiger partial charge in [0.05, 0.1) is 5.92 Å². The lowest BCUT2D eigenvalue weighted by atomic mass is 9.67. The molecule has 152 valence electrons. The van der Waals surface area contributed by atoms with Gasteiger partial charge in [-0.1, -0.05) is 18.6 Å². The van der Waals surface area contributed by atoms with Crippen LogP contribution in [0.2, 0.25) is 0 Å². The average Bonchev–Trinajstić information content (AvgIpc) is 2.93. The minimum atomic E-state index is -0.303. The van der Waals surface area contributed by atoms with E-state index >= 15 is 0 Å². The molecular weight excluding hydrogens is 378 g/mol. The van der Waals surface area contributed by atoms with Crippen LogP contribution < -0.4 is 16.4 Å². The number of rotatable bonds is 4. The van der Waals surface area contributed by atoms with Gasteiger partial charge in [0.15, 0.2) is 0 Å². The van der Waals surface area contributed by atoms with Crippen LogP contribution in [0.5, 0.6) is 0 Å². The highest BCUT2D eigenvalue weighted by Crippen LogP contribution is 2.39. The molecule has 2 aliphatic carbocycles. The second-order valence-electron chi connectivity index (χ2n) is 8.40. The van der Waals surface area contributed by atoms with Crippen molar-refractivity contribution >= 4 is 30.1 Å². The maximum absolute atomic E-state index is 12.7. The van der Waals surface area contributed by atoms with Gasteiger partial charge in [-0.05, 0) is 61.6 Å². The van der Waals surface area contributed by atoms with Gasteiger partial charge in [-0.25, -0.2) is 0 Å². The number of carbonyl (C=O) groups is 3. The monoisotopic (exact) mass is 405 g/mol. The summed E-state index contributed by atoms with van der Waals surface area (Å²) in [7, 11) is 0. The minimum absolute atomic E-state index is 0. The molecule has 4 rings (SSSR count). The predicted molar refractivity (Wildman–Crippen MR) is 108 cm³/mol. The number of nitrogens with two attached hydrogens (primary N) is 1. The molecule has 28 heavy (non-hydrogen) atoms. The molecule has 4 N–H and O–H groups in total. The normalized spacial score (nSPS) is 31.7. The Morgan fingerprint density at radius 1 is 1.11 bits per heavy atom. The van der Waals surface area contributed by atoms with Gasteiger partial charge in [-0.15, -0.1) is 12.4 Å². The largest absolute Gasteiger partial charge is 0.349 e. The molecule has 6 nitrogen and oxygen atoms in total. The van der Waals surface area contributed by atoms with Crippen LogP contribution in [-0.4, -0.2) is 29.8 Å². The van der Waals surface area contributed by atoms with Crippen molar-refractivity contribution in [1.82, 2.24) is 10.6 Å². The van der Waals surface area contributed by atoms with E-state index in [0.29, 0.717) is 23.8 Å². The zero-order valence-electron chi connectivity index (χ0n) is 15.9. The van der Waals surface area contributed by atoms with Gasteiger partial charge in [-0.2, -0.15) is 0 Å². The molecule has 1 aromatic carbocycles. The molecule has 1 aliphatic heterocycles. The molecule has 7 heteroatoms. The topological polar surface area (TPSA) is 101 Å². The number of benzene rings is 1. The molecule has 3 unspecified atom stereocenters. The van der Waals surface area contributed by atoms with E-state index in [4.69, 9.17) is 5.73 Å². The van der Waals surface area contributed by atoms with Crippen molar-refractivity contribution in [3.8, 4) is 0 Å². The van der Waals surface area contributed by atoms with Gasteiger partial charge in [-0.3, -0.25) is 19.7 Å². The maximum Gasteiger partial charge on any atom is 0.251 e. The summed E-state index contributed by atoms with van der Waals surface area (Å²) in [5.41, 5.74) is 7.77. The van der Waals surface area contributed by atoms with Crippen LogP contribution in [-0.2, 0) is 16.0 Å². The minimum Gasteiger partial charge on any atom is -0.349 e. The van der Waals surface area contributed by atoms with E-state index < -0.39 is 0 Å². The van der Waals surface area contributed by atoms with E-state index in [1.54, 1.807) is 0 Å². The quantitative estimate of drug-likeness (QED) is 0.666. The van der Waals surface area contributed by atoms with Crippen LogP contribution in [0, 0.1) is 17.8 Å². The van der Waals surface area contributed by atoms with Gasteiger partial charge in [0.1, 0.15) is 0 Å². The first kappa shape index (κ1) is 20.8. The fourth-order valence-corrected chi connectivity index (χ4v) is 5.11. The van der Waals surface area contributed by atoms with E-state index in [1.165, 1.54) is 6.42 Å². The molecule has 3 amide bonds. The van der Waals surface area contributed by atoms with Gasteiger partial charge < -0.3 is 11.1 Å². The third-order valence-corrected chi connectivity index (χ3v) is 6.44. The van der Waals surface area contributed by atoms with Crippen molar-refractivity contribution in [3.63, 3.8) is 0 Å². The summed E-state index contributed by atoms with van der Waals surface area (Å²) < 4.78 is 0. The van der Waals surface area contributed by atoms with Crippen molar-refractivity contribution in [3.05, 3.63) is 35.4 Å². The Labute approximate surface area is 171 Å². The van der Waals surface area contributed by atoms with Gasteiger partial charge in [0, 0.05) is 24.1 Å². The maximum atomic E-state index is 12.7. The summed E-state index contributed by atoms with van der Waals surface area (Å²) in [6.07, 6.45) is 6.30. The van der Waals surface area contributed by atoms with Crippen molar-refractivity contribution in [2.45, 2.75) is 57.0 Å². The van der Waals surface area contributed by atoms with E-state index in [-0.39, 0.29) is 54.6 Å². The predicted octanol–water partition coefficient (Wildman–Crippen LogP) is 1.95. The highest BCUT2D eigenvalue weighted by molar-refractivity contribution is 6.03. The van der Waals surface area contributed by atoms with Crippen LogP contribution in [0.3, 0.4) is 0 Å². The first-order valence-corrected chi connectivity index (χ1v) is 9.98. The lowest BCUT2D eigenvalue weighted by Crippen LogP contribution is -2.53. The average molecular weight is 406 g/mol. The van der Waals surface area contributed by atoms with Crippen molar-refractivity contribution in [2.75, 3.05) is 0 Å². The SMILES string of the molecule is Cl.NC1CC2CCCC(C1)C2NC(=O)c1ccc(CC2CC(=O)NC2=O)cc1. The van der Waals surface area contributed by atoms with Crippen molar-refractivity contribution in [2.24, 2.45) is 23.5 Å². The first-order chi connectivity index (χ1) is 13.0. The van der Waals surface area contributed by atoms with E-state index in [9.17, 15) is 14.4 Å². The van der Waals surface area contributed by atoms with Crippen molar-refractivity contribution < 1.29 is 14.4 Å². The van der Waals surface area contributed by atoms with Crippen LogP contribution in [0.25, 0.3) is 0 Å². The summed E-state index contributed by atoms with van der Waals surface area (Å²) in [5, 5.41) is 5.59. The molecule has 1 saturated heterocycles. The van der Waals surface area contributed by atoms with Crippen LogP contribution in [0.1, 0.15) is 54.4 Å². The second kappa shape index (κ2) is 8.62. The van der Waals surface area contributed by atoms with Crippen LogP contribution in [0.15, 0.2) is 24.3 Å². The Balaban J connectivity index is 0.00000225. The zero-order valence-corrected chi connectivity index (χ0v) is 16.7. The molecule has 3 aliphatic rings. The fraction of sp³-hybridized carbons (Fsp3) is 0.571. The van der Waals surface area contributed by atoms with Gasteiger partial charge in [0.2, 0.25) is 11.8 Å². The first-order valence-electron chi connectivity index (χ1n) is 9.98. The van der Waals surface area contributed by atoms with Crippen LogP contribution in [0.4, 0.5) is 0 Å². The smallest absolute Gasteiger partial charge is 0.251 e. The number of nitrogens with one attached hydrogen (secondary N) is 2.